The molecule has 1 aromatic carbocycles. The van der Waals surface area contributed by atoms with Crippen LogP contribution < -0.4 is 10.1 Å². The van der Waals surface area contributed by atoms with Crippen LogP contribution in [0.4, 0.5) is 14.5 Å². The predicted molar refractivity (Wildman–Crippen MR) is 162 cm³/mol. The van der Waals surface area contributed by atoms with Crippen molar-refractivity contribution in [2.45, 2.75) is 43.7 Å². The summed E-state index contributed by atoms with van der Waals surface area (Å²) in [6, 6.07) is 6.49. The number of hydrogen-bond donors (Lipinski definition) is 1. The van der Waals surface area contributed by atoms with Gasteiger partial charge in [-0.15, -0.1) is 11.8 Å². The number of rotatable bonds is 10. The fourth-order valence-electron chi connectivity index (χ4n) is 5.92. The molecule has 2 saturated heterocycles. The van der Waals surface area contributed by atoms with Gasteiger partial charge in [0.05, 0.1) is 11.9 Å². The van der Waals surface area contributed by atoms with E-state index in [1.54, 1.807) is 36.8 Å². The van der Waals surface area contributed by atoms with Crippen molar-refractivity contribution in [1.82, 2.24) is 34.2 Å². The third-order valence-corrected chi connectivity index (χ3v) is 8.90. The van der Waals surface area contributed by atoms with Crippen LogP contribution in [0.25, 0.3) is 16.9 Å². The minimum atomic E-state index is -3.06. The van der Waals surface area contributed by atoms with E-state index in [1.807, 2.05) is 11.2 Å². The Morgan fingerprint density at radius 1 is 1.16 bits per heavy atom. The number of likely N-dealkylation sites (tertiary alicyclic amines) is 2. The highest BCUT2D eigenvalue weighted by molar-refractivity contribution is 7.98. The smallest absolute Gasteiger partial charge is 0.387 e. The molecule has 11 nitrogen and oxygen atoms in total. The van der Waals surface area contributed by atoms with Gasteiger partial charge in [0.1, 0.15) is 23.6 Å². The van der Waals surface area contributed by atoms with Crippen molar-refractivity contribution in [2.24, 2.45) is 5.92 Å². The zero-order chi connectivity index (χ0) is 30.6. The minimum absolute atomic E-state index is 0.0643. The molecular formula is C30H34F2N8O3S. The summed E-state index contributed by atoms with van der Waals surface area (Å²) in [4.78, 5) is 36.2. The number of thioether (sulfide) groups is 1. The Labute approximate surface area is 257 Å². The normalized spacial score (nSPS) is 16.2. The Hall–Kier alpha value is -4.04. The quantitative estimate of drug-likeness (QED) is 0.257. The molecule has 6 rings (SSSR count). The van der Waals surface area contributed by atoms with Gasteiger partial charge in [0.25, 0.3) is 5.91 Å². The zero-order valence-corrected chi connectivity index (χ0v) is 25.2. The van der Waals surface area contributed by atoms with Crippen molar-refractivity contribution in [1.29, 1.82) is 0 Å². The SMILES string of the molecule is CSc1ccc(OC(F)F)c(-c2nn(CC(=O)N3CCC(CN4CCCC4)CC3)cc2NC(=O)c2cnn3cccnc23)c1. The number of nitrogens with zero attached hydrogens (tertiary/aromatic N) is 7. The van der Waals surface area contributed by atoms with Gasteiger partial charge in [0.15, 0.2) is 5.65 Å². The molecule has 5 heterocycles. The van der Waals surface area contributed by atoms with Gasteiger partial charge < -0.3 is 19.9 Å². The van der Waals surface area contributed by atoms with Crippen LogP contribution in [0.1, 0.15) is 36.0 Å². The van der Waals surface area contributed by atoms with Crippen LogP contribution in [0.5, 0.6) is 5.75 Å². The number of amides is 2. The predicted octanol–water partition coefficient (Wildman–Crippen LogP) is 4.50. The van der Waals surface area contributed by atoms with E-state index >= 15 is 0 Å². The first-order chi connectivity index (χ1) is 21.4. The van der Waals surface area contributed by atoms with Crippen LogP contribution in [0.15, 0.2) is 53.9 Å². The third-order valence-electron chi connectivity index (χ3n) is 8.17. The summed E-state index contributed by atoms with van der Waals surface area (Å²) in [5.41, 5.74) is 1.28. The largest absolute Gasteiger partial charge is 0.434 e. The average molecular weight is 625 g/mol. The summed E-state index contributed by atoms with van der Waals surface area (Å²) in [6.07, 6.45) is 12.5. The van der Waals surface area contributed by atoms with Gasteiger partial charge in [0, 0.05) is 48.7 Å². The van der Waals surface area contributed by atoms with Gasteiger partial charge in [-0.05, 0) is 75.2 Å². The maximum absolute atomic E-state index is 13.4. The van der Waals surface area contributed by atoms with E-state index in [4.69, 9.17) is 4.74 Å². The van der Waals surface area contributed by atoms with E-state index in [-0.39, 0.29) is 40.7 Å². The standard InChI is InChI=1S/C30H34F2N8O3S/c1-44-21-5-6-25(43-30(31)32)22(15-21)27-24(35-29(42)23-16-34-40-12-4-9-33-28(23)40)18-39(36-27)19-26(41)38-13-7-20(8-14-38)17-37-10-2-3-11-37/h4-6,9,12,15-16,18,20,30H,2-3,7-8,10-11,13-14,17,19H2,1H3,(H,35,42). The Morgan fingerprint density at radius 3 is 2.70 bits per heavy atom. The molecule has 1 N–H and O–H groups in total. The lowest BCUT2D eigenvalue weighted by atomic mass is 9.96. The highest BCUT2D eigenvalue weighted by Crippen LogP contribution is 2.38. The number of ether oxygens (including phenoxy) is 1. The molecule has 2 aliphatic heterocycles. The lowest BCUT2D eigenvalue weighted by Gasteiger charge is -2.33. The van der Waals surface area contributed by atoms with Crippen molar-refractivity contribution in [3.05, 3.63) is 54.6 Å². The molecule has 0 bridgehead atoms. The number of piperidine rings is 1. The fourth-order valence-corrected chi connectivity index (χ4v) is 6.36. The lowest BCUT2D eigenvalue weighted by Crippen LogP contribution is -2.42. The molecule has 0 aliphatic carbocycles. The van der Waals surface area contributed by atoms with Crippen molar-refractivity contribution >= 4 is 34.9 Å². The number of hydrogen-bond acceptors (Lipinski definition) is 8. The number of fused-ring (bicyclic) bond motifs is 1. The molecular weight excluding hydrogens is 590 g/mol. The van der Waals surface area contributed by atoms with E-state index in [2.05, 4.69) is 25.4 Å². The molecule has 2 fully saturated rings. The summed E-state index contributed by atoms with van der Waals surface area (Å²) in [5.74, 6) is -0.113. The number of anilines is 1. The first kappa shape index (κ1) is 30.0. The monoisotopic (exact) mass is 624 g/mol. The molecule has 0 spiro atoms. The van der Waals surface area contributed by atoms with E-state index in [0.717, 1.165) is 37.4 Å². The number of carbonyl (C=O) groups excluding carboxylic acids is 2. The van der Waals surface area contributed by atoms with Gasteiger partial charge in [-0.3, -0.25) is 14.3 Å². The van der Waals surface area contributed by atoms with E-state index in [0.29, 0.717) is 24.7 Å². The third kappa shape index (κ3) is 6.70. The molecule has 0 atom stereocenters. The van der Waals surface area contributed by atoms with Gasteiger partial charge in [-0.1, -0.05) is 0 Å². The van der Waals surface area contributed by atoms with Crippen molar-refractivity contribution < 1.29 is 23.1 Å². The summed E-state index contributed by atoms with van der Waals surface area (Å²) >= 11 is 1.42. The van der Waals surface area contributed by atoms with Gasteiger partial charge >= 0.3 is 6.61 Å². The van der Waals surface area contributed by atoms with E-state index in [9.17, 15) is 18.4 Å². The molecule has 2 aliphatic rings. The molecule has 3 aromatic heterocycles. The van der Waals surface area contributed by atoms with Crippen molar-refractivity contribution in [2.75, 3.05) is 44.3 Å². The van der Waals surface area contributed by atoms with Crippen LogP contribution in [-0.2, 0) is 11.3 Å². The van der Waals surface area contributed by atoms with E-state index < -0.39 is 12.5 Å². The fraction of sp³-hybridized carbons (Fsp3) is 0.433. The van der Waals surface area contributed by atoms with Crippen LogP contribution >= 0.6 is 11.8 Å². The lowest BCUT2D eigenvalue weighted by molar-refractivity contribution is -0.133. The first-order valence-electron chi connectivity index (χ1n) is 14.7. The number of aromatic nitrogens is 5. The van der Waals surface area contributed by atoms with E-state index in [1.165, 1.54) is 46.1 Å². The maximum Gasteiger partial charge on any atom is 0.387 e. The van der Waals surface area contributed by atoms with Crippen LogP contribution in [0.2, 0.25) is 0 Å². The molecule has 14 heteroatoms. The van der Waals surface area contributed by atoms with Crippen molar-refractivity contribution in [3.8, 4) is 17.0 Å². The number of carbonyl (C=O) groups is 2. The number of nitrogens with one attached hydrogen (secondary N) is 1. The Kier molecular flexibility index (Phi) is 9.07. The second-order valence-corrected chi connectivity index (χ2v) is 11.9. The maximum atomic E-state index is 13.4. The summed E-state index contributed by atoms with van der Waals surface area (Å²) in [7, 11) is 0. The molecule has 2 amide bonds. The summed E-state index contributed by atoms with van der Waals surface area (Å²) < 4.78 is 34.5. The van der Waals surface area contributed by atoms with Gasteiger partial charge in [0.2, 0.25) is 5.91 Å². The second-order valence-electron chi connectivity index (χ2n) is 11.1. The molecule has 4 aromatic rings. The molecule has 0 radical (unpaired) electrons. The first-order valence-corrected chi connectivity index (χ1v) is 15.9. The second kappa shape index (κ2) is 13.3. The molecule has 232 valence electrons. The highest BCUT2D eigenvalue weighted by Gasteiger charge is 2.27. The van der Waals surface area contributed by atoms with Crippen molar-refractivity contribution in [3.63, 3.8) is 0 Å². The zero-order valence-electron chi connectivity index (χ0n) is 24.4. The van der Waals surface area contributed by atoms with Gasteiger partial charge in [-0.25, -0.2) is 9.50 Å². The topological polar surface area (TPSA) is 110 Å². The Morgan fingerprint density at radius 2 is 1.95 bits per heavy atom. The molecule has 44 heavy (non-hydrogen) atoms. The summed E-state index contributed by atoms with van der Waals surface area (Å²) in [5, 5.41) is 11.6. The Bertz CT molecular complexity index is 1630. The number of halogens is 2. The van der Waals surface area contributed by atoms with Gasteiger partial charge in [-0.2, -0.15) is 19.0 Å². The Balaban J connectivity index is 1.25. The average Bonchev–Trinajstić information content (AvgIpc) is 3.78. The van der Waals surface area contributed by atoms with Crippen LogP contribution in [-0.4, -0.2) is 91.6 Å². The molecule has 0 unspecified atom stereocenters. The number of benzene rings is 1. The molecule has 0 saturated carbocycles. The summed E-state index contributed by atoms with van der Waals surface area (Å²) in [6.45, 7) is 1.65. The van der Waals surface area contributed by atoms with Crippen LogP contribution in [0.3, 0.4) is 0 Å². The highest BCUT2D eigenvalue weighted by atomic mass is 32.2. The minimum Gasteiger partial charge on any atom is -0.434 e. The number of alkyl halides is 2. The van der Waals surface area contributed by atoms with Crippen LogP contribution in [0, 0.1) is 5.92 Å².